The van der Waals surface area contributed by atoms with Gasteiger partial charge < -0.3 is 10.1 Å². The van der Waals surface area contributed by atoms with Crippen LogP contribution in [0.25, 0.3) is 11.1 Å². The molecule has 2 nitrogen and oxygen atoms in total. The Morgan fingerprint density at radius 3 is 1.90 bits per heavy atom. The molecule has 168 valence electrons. The molecule has 1 aliphatic heterocycles. The van der Waals surface area contributed by atoms with Crippen molar-refractivity contribution >= 4 is 0 Å². The highest BCUT2D eigenvalue weighted by Gasteiger charge is 2.50. The van der Waals surface area contributed by atoms with Gasteiger partial charge in [0.15, 0.2) is 0 Å². The summed E-state index contributed by atoms with van der Waals surface area (Å²) in [6.07, 6.45) is -7.29. The number of rotatable bonds is 5. The lowest BCUT2D eigenvalue weighted by Gasteiger charge is -2.27. The number of nitrogens with one attached hydrogen (secondary N) is 1. The number of alkyl halides is 6. The van der Waals surface area contributed by atoms with Crippen LogP contribution in [0.15, 0.2) is 42.5 Å². The van der Waals surface area contributed by atoms with Gasteiger partial charge in [0.05, 0.1) is 23.3 Å². The molecule has 1 heterocycles. The van der Waals surface area contributed by atoms with Gasteiger partial charge in [-0.25, -0.2) is 0 Å². The molecule has 0 atom stereocenters. The summed E-state index contributed by atoms with van der Waals surface area (Å²) in [6.45, 7) is 2.01. The Morgan fingerprint density at radius 2 is 1.42 bits per heavy atom. The quantitative estimate of drug-likeness (QED) is 0.540. The van der Waals surface area contributed by atoms with E-state index in [0.29, 0.717) is 19.4 Å². The molecule has 8 heteroatoms. The number of halogens is 6. The average Bonchev–Trinajstić information content (AvgIpc) is 3.53. The largest absolute Gasteiger partial charge is 0.417 e. The first kappa shape index (κ1) is 22.1. The van der Waals surface area contributed by atoms with Gasteiger partial charge in [0, 0.05) is 5.56 Å². The Balaban J connectivity index is 1.78. The third-order valence-corrected chi connectivity index (χ3v) is 6.10. The standard InChI is InChI=1S/C23H23F6NO/c24-22(25,26)18-12-17(21(8-9-21)31-14-15-6-10-30-11-7-15)13-19(23(27,28)29)20(18)16-4-2-1-3-5-16/h1-5,12-13,15,30H,6-11,14H2. The third-order valence-electron chi connectivity index (χ3n) is 6.10. The molecular formula is C23H23F6NO. The molecule has 0 amide bonds. The van der Waals surface area contributed by atoms with Crippen molar-refractivity contribution in [1.82, 2.24) is 5.32 Å². The van der Waals surface area contributed by atoms with Crippen LogP contribution in [0.3, 0.4) is 0 Å². The molecule has 31 heavy (non-hydrogen) atoms. The van der Waals surface area contributed by atoms with Gasteiger partial charge in [-0.05, 0) is 68.0 Å². The molecule has 0 radical (unpaired) electrons. The fraction of sp³-hybridized carbons (Fsp3) is 0.478. The summed E-state index contributed by atoms with van der Waals surface area (Å²) < 4.78 is 89.7. The maximum atomic E-state index is 14.0. The van der Waals surface area contributed by atoms with Gasteiger partial charge in [0.2, 0.25) is 0 Å². The van der Waals surface area contributed by atoms with Crippen molar-refractivity contribution in [2.24, 2.45) is 5.92 Å². The van der Waals surface area contributed by atoms with Crippen molar-refractivity contribution in [2.75, 3.05) is 19.7 Å². The minimum atomic E-state index is -4.94. The average molecular weight is 443 g/mol. The minimum Gasteiger partial charge on any atom is -0.370 e. The van der Waals surface area contributed by atoms with Crippen LogP contribution in [-0.2, 0) is 22.7 Å². The van der Waals surface area contributed by atoms with Crippen LogP contribution >= 0.6 is 0 Å². The van der Waals surface area contributed by atoms with Crippen LogP contribution in [0.2, 0.25) is 0 Å². The van der Waals surface area contributed by atoms with E-state index in [9.17, 15) is 26.3 Å². The van der Waals surface area contributed by atoms with E-state index in [1.807, 2.05) is 0 Å². The van der Waals surface area contributed by atoms with E-state index in [1.54, 1.807) is 6.07 Å². The maximum absolute atomic E-state index is 14.0. The van der Waals surface area contributed by atoms with Gasteiger partial charge in [-0.1, -0.05) is 30.3 Å². The first-order valence-electron chi connectivity index (χ1n) is 10.3. The molecule has 1 saturated heterocycles. The summed E-state index contributed by atoms with van der Waals surface area (Å²) in [7, 11) is 0. The molecule has 1 saturated carbocycles. The zero-order chi connectivity index (χ0) is 22.3. The van der Waals surface area contributed by atoms with Gasteiger partial charge in [-0.15, -0.1) is 0 Å². The second-order valence-electron chi connectivity index (χ2n) is 8.31. The Kier molecular flexibility index (Phi) is 5.81. The minimum absolute atomic E-state index is 0.0410. The molecule has 0 aromatic heterocycles. The van der Waals surface area contributed by atoms with Crippen LogP contribution < -0.4 is 5.32 Å². The van der Waals surface area contributed by atoms with Gasteiger partial charge >= 0.3 is 12.4 Å². The SMILES string of the molecule is FC(F)(F)c1cc(C2(OCC3CCNCC3)CC2)cc(C(F)(F)F)c1-c1ccccc1. The zero-order valence-corrected chi connectivity index (χ0v) is 16.7. The van der Waals surface area contributed by atoms with E-state index in [4.69, 9.17) is 4.74 Å². The van der Waals surface area contributed by atoms with E-state index < -0.39 is 34.6 Å². The summed E-state index contributed by atoms with van der Waals surface area (Å²) in [5, 5.41) is 3.22. The maximum Gasteiger partial charge on any atom is 0.417 e. The van der Waals surface area contributed by atoms with Crippen LogP contribution in [0.5, 0.6) is 0 Å². The van der Waals surface area contributed by atoms with Crippen molar-refractivity contribution < 1.29 is 31.1 Å². The lowest BCUT2D eigenvalue weighted by atomic mass is 9.89. The first-order valence-corrected chi connectivity index (χ1v) is 10.3. The topological polar surface area (TPSA) is 21.3 Å². The summed E-state index contributed by atoms with van der Waals surface area (Å²) >= 11 is 0. The van der Waals surface area contributed by atoms with Crippen molar-refractivity contribution in [3.05, 3.63) is 59.2 Å². The van der Waals surface area contributed by atoms with E-state index >= 15 is 0 Å². The number of benzene rings is 2. The highest BCUT2D eigenvalue weighted by Crippen LogP contribution is 2.54. The monoisotopic (exact) mass is 443 g/mol. The molecule has 2 aliphatic rings. The summed E-state index contributed by atoms with van der Waals surface area (Å²) in [5.41, 5.74) is -4.62. The summed E-state index contributed by atoms with van der Waals surface area (Å²) in [5.74, 6) is 0.256. The zero-order valence-electron chi connectivity index (χ0n) is 16.7. The molecule has 0 spiro atoms. The molecule has 1 aliphatic carbocycles. The van der Waals surface area contributed by atoms with Crippen LogP contribution in [-0.4, -0.2) is 19.7 Å². The molecule has 1 N–H and O–H groups in total. The third kappa shape index (κ3) is 4.75. The second-order valence-corrected chi connectivity index (χ2v) is 8.31. The molecule has 0 bridgehead atoms. The van der Waals surface area contributed by atoms with Crippen LogP contribution in [0.1, 0.15) is 42.4 Å². The number of piperidine rings is 1. The fourth-order valence-electron chi connectivity index (χ4n) is 4.22. The van der Waals surface area contributed by atoms with Gasteiger partial charge in [0.1, 0.15) is 0 Å². The lowest BCUT2D eigenvalue weighted by Crippen LogP contribution is -2.31. The number of ether oxygens (including phenoxy) is 1. The molecular weight excluding hydrogens is 420 g/mol. The van der Waals surface area contributed by atoms with E-state index in [2.05, 4.69) is 5.32 Å². The van der Waals surface area contributed by atoms with Crippen LogP contribution in [0, 0.1) is 5.92 Å². The van der Waals surface area contributed by atoms with Crippen molar-refractivity contribution in [2.45, 2.75) is 43.6 Å². The smallest absolute Gasteiger partial charge is 0.370 e. The summed E-state index contributed by atoms with van der Waals surface area (Å²) in [4.78, 5) is 0. The predicted molar refractivity (Wildman–Crippen MR) is 104 cm³/mol. The van der Waals surface area contributed by atoms with Gasteiger partial charge in [0.25, 0.3) is 0 Å². The highest BCUT2D eigenvalue weighted by atomic mass is 19.4. The Bertz CT molecular complexity index is 877. The van der Waals surface area contributed by atoms with E-state index in [-0.39, 0.29) is 17.0 Å². The van der Waals surface area contributed by atoms with E-state index in [1.165, 1.54) is 24.3 Å². The Morgan fingerprint density at radius 1 is 0.871 bits per heavy atom. The number of hydrogen-bond donors (Lipinski definition) is 1. The van der Waals surface area contributed by atoms with Gasteiger partial charge in [-0.3, -0.25) is 0 Å². The lowest BCUT2D eigenvalue weighted by molar-refractivity contribution is -0.142. The molecule has 0 unspecified atom stereocenters. The molecule has 2 aromatic rings. The fourth-order valence-corrected chi connectivity index (χ4v) is 4.22. The van der Waals surface area contributed by atoms with Crippen LogP contribution in [0.4, 0.5) is 26.3 Å². The predicted octanol–water partition coefficient (Wildman–Crippen LogP) is 6.40. The number of hydrogen-bond acceptors (Lipinski definition) is 2. The van der Waals surface area contributed by atoms with E-state index in [0.717, 1.165) is 38.1 Å². The molecule has 2 aromatic carbocycles. The highest BCUT2D eigenvalue weighted by molar-refractivity contribution is 5.73. The second kappa shape index (κ2) is 8.13. The van der Waals surface area contributed by atoms with Crippen molar-refractivity contribution in [1.29, 1.82) is 0 Å². The van der Waals surface area contributed by atoms with Crippen molar-refractivity contribution in [3.8, 4) is 11.1 Å². The molecule has 2 fully saturated rings. The Labute approximate surface area is 176 Å². The Hall–Kier alpha value is -2.06. The van der Waals surface area contributed by atoms with Crippen molar-refractivity contribution in [3.63, 3.8) is 0 Å². The first-order chi connectivity index (χ1) is 14.6. The normalized spacial score (nSPS) is 19.4. The molecule has 4 rings (SSSR count). The summed E-state index contributed by atoms with van der Waals surface area (Å²) in [6, 6.07) is 8.63. The van der Waals surface area contributed by atoms with Gasteiger partial charge in [-0.2, -0.15) is 26.3 Å².